The molecule has 1 aromatic heterocycles. The first kappa shape index (κ1) is 14.7. The van der Waals surface area contributed by atoms with E-state index in [0.29, 0.717) is 4.60 Å². The Morgan fingerprint density at radius 2 is 2.18 bits per heavy atom. The SMILES string of the molecule is CSC(=S)OC(c1ccc(Br)nc1)C(F)(F)F. The Bertz CT molecular complexity index is 396. The molecule has 1 unspecified atom stereocenters. The van der Waals surface area contributed by atoms with Crippen LogP contribution in [0, 0.1) is 0 Å². The average Bonchev–Trinajstić information content (AvgIpc) is 2.25. The van der Waals surface area contributed by atoms with Gasteiger partial charge in [-0.15, -0.1) is 0 Å². The molecule has 0 aliphatic rings. The molecule has 0 saturated heterocycles. The van der Waals surface area contributed by atoms with Crippen molar-refractivity contribution in [1.82, 2.24) is 4.98 Å². The highest BCUT2D eigenvalue weighted by molar-refractivity contribution is 9.10. The second-order valence-corrected chi connectivity index (χ2v) is 5.13. The van der Waals surface area contributed by atoms with Gasteiger partial charge in [0, 0.05) is 11.8 Å². The van der Waals surface area contributed by atoms with Gasteiger partial charge in [0.1, 0.15) is 4.60 Å². The van der Waals surface area contributed by atoms with Gasteiger partial charge in [-0.25, -0.2) is 4.98 Å². The van der Waals surface area contributed by atoms with Crippen LogP contribution >= 0.6 is 39.9 Å². The summed E-state index contributed by atoms with van der Waals surface area (Å²) in [6.07, 6.45) is -3.96. The third kappa shape index (κ3) is 4.44. The third-order valence-corrected chi connectivity index (χ3v) is 3.23. The van der Waals surface area contributed by atoms with Gasteiger partial charge in [0.2, 0.25) is 10.5 Å². The number of aromatic nitrogens is 1. The third-order valence-electron chi connectivity index (χ3n) is 1.73. The van der Waals surface area contributed by atoms with E-state index in [4.69, 9.17) is 4.74 Å². The van der Waals surface area contributed by atoms with Gasteiger partial charge in [0.25, 0.3) is 0 Å². The minimum atomic E-state index is -4.53. The summed E-state index contributed by atoms with van der Waals surface area (Å²) in [5.74, 6) is 0. The first-order valence-electron chi connectivity index (χ1n) is 4.27. The fourth-order valence-corrected chi connectivity index (χ4v) is 1.53. The molecular weight excluding hydrogens is 339 g/mol. The highest BCUT2D eigenvalue weighted by Crippen LogP contribution is 2.36. The van der Waals surface area contributed by atoms with Crippen molar-refractivity contribution in [3.05, 3.63) is 28.5 Å². The minimum absolute atomic E-state index is 0.0860. The van der Waals surface area contributed by atoms with Crippen molar-refractivity contribution < 1.29 is 17.9 Å². The molecule has 0 amide bonds. The van der Waals surface area contributed by atoms with Crippen LogP contribution in [-0.4, -0.2) is 21.8 Å². The van der Waals surface area contributed by atoms with Gasteiger partial charge in [-0.1, -0.05) is 17.8 Å². The van der Waals surface area contributed by atoms with Crippen LogP contribution in [0.3, 0.4) is 0 Å². The van der Waals surface area contributed by atoms with Gasteiger partial charge < -0.3 is 4.74 Å². The van der Waals surface area contributed by atoms with Crippen LogP contribution in [0.1, 0.15) is 11.7 Å². The lowest BCUT2D eigenvalue weighted by molar-refractivity contribution is -0.200. The topological polar surface area (TPSA) is 22.1 Å². The second kappa shape index (κ2) is 6.01. The van der Waals surface area contributed by atoms with Crippen molar-refractivity contribution in [2.75, 3.05) is 6.26 Å². The number of nitrogens with zero attached hydrogens (tertiary/aromatic N) is 1. The Hall–Kier alpha value is -0.340. The molecule has 0 fully saturated rings. The monoisotopic (exact) mass is 345 g/mol. The van der Waals surface area contributed by atoms with Crippen LogP contribution < -0.4 is 0 Å². The number of alkyl halides is 3. The molecule has 0 aliphatic heterocycles. The van der Waals surface area contributed by atoms with Crippen LogP contribution in [0.15, 0.2) is 22.9 Å². The van der Waals surface area contributed by atoms with Crippen LogP contribution in [0.4, 0.5) is 13.2 Å². The molecule has 1 rings (SSSR count). The average molecular weight is 346 g/mol. The first-order valence-corrected chi connectivity index (χ1v) is 6.70. The smallest absolute Gasteiger partial charge is 0.429 e. The molecule has 1 heterocycles. The maximum atomic E-state index is 12.8. The zero-order valence-electron chi connectivity index (χ0n) is 8.49. The second-order valence-electron chi connectivity index (χ2n) is 2.91. The number of hydrogen-bond donors (Lipinski definition) is 0. The normalized spacial score (nSPS) is 13.2. The van der Waals surface area contributed by atoms with Crippen LogP contribution in [0.2, 0.25) is 0 Å². The molecule has 0 aliphatic carbocycles. The molecule has 17 heavy (non-hydrogen) atoms. The number of halogens is 4. The maximum Gasteiger partial charge on any atom is 0.429 e. The summed E-state index contributed by atoms with van der Waals surface area (Å²) >= 11 is 8.63. The van der Waals surface area contributed by atoms with E-state index < -0.39 is 12.3 Å². The quantitative estimate of drug-likeness (QED) is 0.594. The summed E-state index contributed by atoms with van der Waals surface area (Å²) in [6.45, 7) is 0. The number of ether oxygens (including phenoxy) is 1. The van der Waals surface area contributed by atoms with E-state index in [1.54, 1.807) is 6.26 Å². The van der Waals surface area contributed by atoms with E-state index in [9.17, 15) is 13.2 Å². The van der Waals surface area contributed by atoms with E-state index in [1.807, 2.05) is 0 Å². The standard InChI is InChI=1S/C9H7BrF3NOS2/c1-17-8(16)15-7(9(11,12)13)5-2-3-6(10)14-4-5/h2-4,7H,1H3. The molecule has 1 atom stereocenters. The zero-order chi connectivity index (χ0) is 13.1. The largest absolute Gasteiger partial charge is 0.461 e. The summed E-state index contributed by atoms with van der Waals surface area (Å²) in [5.41, 5.74) is -0.0860. The van der Waals surface area contributed by atoms with E-state index in [-0.39, 0.29) is 9.95 Å². The lowest BCUT2D eigenvalue weighted by atomic mass is 10.1. The summed E-state index contributed by atoms with van der Waals surface area (Å²) < 4.78 is 43.3. The van der Waals surface area contributed by atoms with Gasteiger partial charge >= 0.3 is 6.18 Å². The molecule has 0 bridgehead atoms. The molecule has 94 valence electrons. The van der Waals surface area contributed by atoms with Crippen molar-refractivity contribution in [2.45, 2.75) is 12.3 Å². The van der Waals surface area contributed by atoms with Gasteiger partial charge in [-0.2, -0.15) is 13.2 Å². The molecular formula is C9H7BrF3NOS2. The van der Waals surface area contributed by atoms with E-state index in [0.717, 1.165) is 18.0 Å². The van der Waals surface area contributed by atoms with Gasteiger partial charge in [0.05, 0.1) is 0 Å². The highest BCUT2D eigenvalue weighted by atomic mass is 79.9. The Labute approximate surface area is 114 Å². The molecule has 0 saturated carbocycles. The Balaban J connectivity index is 2.98. The van der Waals surface area contributed by atoms with Crippen LogP contribution in [-0.2, 0) is 4.74 Å². The molecule has 0 spiro atoms. The van der Waals surface area contributed by atoms with Gasteiger partial charge in [0.15, 0.2) is 0 Å². The molecule has 0 N–H and O–H groups in total. The predicted octanol–water partition coefficient (Wildman–Crippen LogP) is 4.11. The van der Waals surface area contributed by atoms with Crippen molar-refractivity contribution in [1.29, 1.82) is 0 Å². The fraction of sp³-hybridized carbons (Fsp3) is 0.333. The maximum absolute atomic E-state index is 12.8. The lowest BCUT2D eigenvalue weighted by Gasteiger charge is -2.21. The number of hydrogen-bond acceptors (Lipinski definition) is 4. The summed E-state index contributed by atoms with van der Waals surface area (Å²) in [4.78, 5) is 3.73. The number of thiocarbonyl (C=S) groups is 1. The Kier molecular flexibility index (Phi) is 5.21. The van der Waals surface area contributed by atoms with E-state index >= 15 is 0 Å². The molecule has 1 aromatic rings. The lowest BCUT2D eigenvalue weighted by Crippen LogP contribution is -2.25. The molecule has 0 aromatic carbocycles. The number of pyridine rings is 1. The van der Waals surface area contributed by atoms with E-state index in [2.05, 4.69) is 33.1 Å². The Morgan fingerprint density at radius 1 is 1.53 bits per heavy atom. The molecule has 0 radical (unpaired) electrons. The van der Waals surface area contributed by atoms with Crippen molar-refractivity contribution in [3.63, 3.8) is 0 Å². The Morgan fingerprint density at radius 3 is 2.59 bits per heavy atom. The molecule has 2 nitrogen and oxygen atoms in total. The van der Waals surface area contributed by atoms with Crippen LogP contribution in [0.5, 0.6) is 0 Å². The van der Waals surface area contributed by atoms with Crippen molar-refractivity contribution >= 4 is 44.3 Å². The van der Waals surface area contributed by atoms with E-state index in [1.165, 1.54) is 12.1 Å². The fourth-order valence-electron chi connectivity index (χ4n) is 1.01. The van der Waals surface area contributed by atoms with Crippen molar-refractivity contribution in [3.8, 4) is 0 Å². The minimum Gasteiger partial charge on any atom is -0.461 e. The van der Waals surface area contributed by atoms with Crippen molar-refractivity contribution in [2.24, 2.45) is 0 Å². The molecule has 8 heteroatoms. The number of rotatable bonds is 2. The predicted molar refractivity (Wildman–Crippen MR) is 67.9 cm³/mol. The van der Waals surface area contributed by atoms with Crippen LogP contribution in [0.25, 0.3) is 0 Å². The van der Waals surface area contributed by atoms with Gasteiger partial charge in [-0.3, -0.25) is 0 Å². The highest BCUT2D eigenvalue weighted by Gasteiger charge is 2.43. The van der Waals surface area contributed by atoms with Gasteiger partial charge in [-0.05, 0) is 40.5 Å². The zero-order valence-corrected chi connectivity index (χ0v) is 11.7. The summed E-state index contributed by atoms with van der Waals surface area (Å²) in [5, 5.41) is 0. The summed E-state index contributed by atoms with van der Waals surface area (Å²) in [7, 11) is 0. The summed E-state index contributed by atoms with van der Waals surface area (Å²) in [6, 6.07) is 2.71. The first-order chi connectivity index (χ1) is 7.84. The number of thioether (sulfide) groups is 1.